The average Bonchev–Trinajstić information content (AvgIpc) is 2.53. The second kappa shape index (κ2) is 7.69. The summed E-state index contributed by atoms with van der Waals surface area (Å²) in [6.07, 6.45) is 0. The van der Waals surface area contributed by atoms with E-state index in [-0.39, 0.29) is 12.5 Å². The van der Waals surface area contributed by atoms with Crippen molar-refractivity contribution in [1.82, 2.24) is 0 Å². The van der Waals surface area contributed by atoms with Crippen molar-refractivity contribution in [3.8, 4) is 11.5 Å². The fraction of sp³-hybridized carbons (Fsp3) is 0.188. The third-order valence-electron chi connectivity index (χ3n) is 3.04. The van der Waals surface area contributed by atoms with Crippen molar-refractivity contribution in [2.45, 2.75) is 0 Å². The highest BCUT2D eigenvalue weighted by molar-refractivity contribution is 6.32. The first-order valence-electron chi connectivity index (χ1n) is 6.74. The number of hydrogen-bond acceptors (Lipinski definition) is 4. The van der Waals surface area contributed by atoms with Crippen molar-refractivity contribution in [3.63, 3.8) is 0 Å². The molecule has 2 N–H and O–H groups in total. The molecule has 2 rings (SSSR count). The summed E-state index contributed by atoms with van der Waals surface area (Å²) in [5.74, 6) is 0.159. The number of hydrogen-bond donors (Lipinski definition) is 2. The largest absolute Gasteiger partial charge is 0.495 e. The van der Waals surface area contributed by atoms with Gasteiger partial charge in [0.1, 0.15) is 17.3 Å². The smallest absolute Gasteiger partial charge is 0.243 e. The normalized spacial score (nSPS) is 10.1. The fourth-order valence-corrected chi connectivity index (χ4v) is 2.19. The molecule has 0 atom stereocenters. The minimum Gasteiger partial charge on any atom is -0.495 e. The van der Waals surface area contributed by atoms with Crippen LogP contribution in [0.1, 0.15) is 0 Å². The molecule has 0 unspecified atom stereocenters. The molecule has 0 aliphatic carbocycles. The Morgan fingerprint density at radius 2 is 1.87 bits per heavy atom. The van der Waals surface area contributed by atoms with E-state index in [1.807, 2.05) is 0 Å². The predicted octanol–water partition coefficient (Wildman–Crippen LogP) is 3.55. The first-order chi connectivity index (χ1) is 11.0. The Morgan fingerprint density at radius 1 is 1.13 bits per heavy atom. The Kier molecular flexibility index (Phi) is 5.65. The van der Waals surface area contributed by atoms with Gasteiger partial charge in [-0.25, -0.2) is 4.39 Å². The number of carbonyl (C=O) groups is 1. The van der Waals surface area contributed by atoms with Crippen LogP contribution in [0.2, 0.25) is 5.02 Å². The Hall–Kier alpha value is -2.47. The van der Waals surface area contributed by atoms with Gasteiger partial charge in [-0.3, -0.25) is 4.79 Å². The fourth-order valence-electron chi connectivity index (χ4n) is 1.94. The molecule has 0 aromatic heterocycles. The summed E-state index contributed by atoms with van der Waals surface area (Å²) in [7, 11) is 2.94. The standard InChI is InChI=1S/C16H16ClFN2O3/c1-22-14-6-4-11(8-12(14)17)20-16(21)9-19-13-5-3-10(18)7-15(13)23-2/h3-8,19H,9H2,1-2H3,(H,20,21). The third kappa shape index (κ3) is 4.50. The van der Waals surface area contributed by atoms with Gasteiger partial charge in [0.2, 0.25) is 5.91 Å². The number of benzene rings is 2. The molecule has 2 aromatic rings. The van der Waals surface area contributed by atoms with Gasteiger partial charge in [0.15, 0.2) is 0 Å². The van der Waals surface area contributed by atoms with Gasteiger partial charge in [-0.05, 0) is 30.3 Å². The van der Waals surface area contributed by atoms with Crippen LogP contribution in [0.25, 0.3) is 0 Å². The van der Waals surface area contributed by atoms with E-state index in [1.54, 1.807) is 18.2 Å². The lowest BCUT2D eigenvalue weighted by molar-refractivity contribution is -0.114. The maximum Gasteiger partial charge on any atom is 0.243 e. The molecule has 5 nitrogen and oxygen atoms in total. The SMILES string of the molecule is COc1ccc(NC(=O)CNc2ccc(F)cc2OC)cc1Cl. The van der Waals surface area contributed by atoms with Crippen molar-refractivity contribution < 1.29 is 18.7 Å². The Bertz CT molecular complexity index is 710. The van der Waals surface area contributed by atoms with E-state index in [9.17, 15) is 9.18 Å². The molecule has 2 aromatic carbocycles. The number of anilines is 2. The molecule has 1 amide bonds. The molecule has 0 saturated heterocycles. The van der Waals surface area contributed by atoms with Crippen LogP contribution in [0.3, 0.4) is 0 Å². The summed E-state index contributed by atoms with van der Waals surface area (Å²) in [6, 6.07) is 8.97. The number of methoxy groups -OCH3 is 2. The lowest BCUT2D eigenvalue weighted by atomic mass is 10.2. The van der Waals surface area contributed by atoms with E-state index >= 15 is 0 Å². The van der Waals surface area contributed by atoms with Gasteiger partial charge in [0.05, 0.1) is 31.5 Å². The molecule has 0 heterocycles. The maximum absolute atomic E-state index is 13.1. The Morgan fingerprint density at radius 3 is 2.52 bits per heavy atom. The predicted molar refractivity (Wildman–Crippen MR) is 88.1 cm³/mol. The summed E-state index contributed by atoms with van der Waals surface area (Å²) in [6.45, 7) is -0.00829. The number of amides is 1. The van der Waals surface area contributed by atoms with Gasteiger partial charge in [-0.2, -0.15) is 0 Å². The minimum absolute atomic E-state index is 0.00829. The van der Waals surface area contributed by atoms with Gasteiger partial charge < -0.3 is 20.1 Å². The van der Waals surface area contributed by atoms with Gasteiger partial charge >= 0.3 is 0 Å². The lowest BCUT2D eigenvalue weighted by Crippen LogP contribution is -2.22. The molecule has 0 radical (unpaired) electrons. The molecular formula is C16H16ClFN2O3. The molecule has 0 aliphatic rings. The average molecular weight is 339 g/mol. The Labute approximate surface area is 138 Å². The van der Waals surface area contributed by atoms with Gasteiger partial charge in [-0.15, -0.1) is 0 Å². The summed E-state index contributed by atoms with van der Waals surface area (Å²) < 4.78 is 23.2. The van der Waals surface area contributed by atoms with Crippen LogP contribution in [0.4, 0.5) is 15.8 Å². The molecule has 0 spiro atoms. The van der Waals surface area contributed by atoms with Crippen LogP contribution in [0.15, 0.2) is 36.4 Å². The van der Waals surface area contributed by atoms with Crippen LogP contribution in [0, 0.1) is 5.82 Å². The zero-order valence-corrected chi connectivity index (χ0v) is 13.4. The highest BCUT2D eigenvalue weighted by Gasteiger charge is 2.08. The van der Waals surface area contributed by atoms with Gasteiger partial charge in [0, 0.05) is 11.8 Å². The van der Waals surface area contributed by atoms with Gasteiger partial charge in [-0.1, -0.05) is 11.6 Å². The van der Waals surface area contributed by atoms with E-state index in [2.05, 4.69) is 10.6 Å². The number of rotatable bonds is 6. The first-order valence-corrected chi connectivity index (χ1v) is 7.12. The summed E-state index contributed by atoms with van der Waals surface area (Å²) >= 11 is 6.00. The van der Waals surface area contributed by atoms with E-state index < -0.39 is 5.82 Å². The second-order valence-electron chi connectivity index (χ2n) is 4.60. The molecule has 7 heteroatoms. The van der Waals surface area contributed by atoms with Crippen LogP contribution >= 0.6 is 11.6 Å². The third-order valence-corrected chi connectivity index (χ3v) is 3.33. The maximum atomic E-state index is 13.1. The highest BCUT2D eigenvalue weighted by Crippen LogP contribution is 2.27. The summed E-state index contributed by atoms with van der Waals surface area (Å²) in [5, 5.41) is 5.99. The molecule has 0 aliphatic heterocycles. The van der Waals surface area contributed by atoms with Crippen LogP contribution in [0.5, 0.6) is 11.5 Å². The van der Waals surface area contributed by atoms with Crippen molar-refractivity contribution in [2.75, 3.05) is 31.4 Å². The molecule has 0 saturated carbocycles. The molecule has 0 fully saturated rings. The zero-order valence-electron chi connectivity index (χ0n) is 12.7. The summed E-state index contributed by atoms with van der Waals surface area (Å²) in [5.41, 5.74) is 1.07. The second-order valence-corrected chi connectivity index (χ2v) is 5.00. The molecule has 23 heavy (non-hydrogen) atoms. The Balaban J connectivity index is 1.96. The zero-order chi connectivity index (χ0) is 16.8. The van der Waals surface area contributed by atoms with Gasteiger partial charge in [0.25, 0.3) is 0 Å². The molecular weight excluding hydrogens is 323 g/mol. The quantitative estimate of drug-likeness (QED) is 0.845. The van der Waals surface area contributed by atoms with E-state index in [0.717, 1.165) is 0 Å². The topological polar surface area (TPSA) is 59.6 Å². The number of carbonyl (C=O) groups excluding carboxylic acids is 1. The minimum atomic E-state index is -0.412. The van der Waals surface area contributed by atoms with Crippen molar-refractivity contribution in [1.29, 1.82) is 0 Å². The van der Waals surface area contributed by atoms with E-state index in [1.165, 1.54) is 32.4 Å². The summed E-state index contributed by atoms with van der Waals surface area (Å²) in [4.78, 5) is 12.0. The van der Waals surface area contributed by atoms with Crippen LogP contribution in [-0.4, -0.2) is 26.7 Å². The van der Waals surface area contributed by atoms with E-state index in [0.29, 0.717) is 27.9 Å². The van der Waals surface area contributed by atoms with Crippen molar-refractivity contribution in [2.24, 2.45) is 0 Å². The number of halogens is 2. The number of ether oxygens (including phenoxy) is 2. The molecule has 0 bridgehead atoms. The van der Waals surface area contributed by atoms with E-state index in [4.69, 9.17) is 21.1 Å². The first kappa shape index (κ1) is 16.9. The monoisotopic (exact) mass is 338 g/mol. The van der Waals surface area contributed by atoms with Crippen molar-refractivity contribution in [3.05, 3.63) is 47.2 Å². The number of nitrogens with one attached hydrogen (secondary N) is 2. The highest BCUT2D eigenvalue weighted by atomic mass is 35.5. The van der Waals surface area contributed by atoms with Crippen molar-refractivity contribution >= 4 is 28.9 Å². The molecule has 122 valence electrons. The van der Waals surface area contributed by atoms with Crippen LogP contribution in [-0.2, 0) is 4.79 Å². The van der Waals surface area contributed by atoms with Crippen LogP contribution < -0.4 is 20.1 Å². The lowest BCUT2D eigenvalue weighted by Gasteiger charge is -2.12.